The Morgan fingerprint density at radius 2 is 1.87 bits per heavy atom. The zero-order valence-electron chi connectivity index (χ0n) is 12.3. The van der Waals surface area contributed by atoms with E-state index >= 15 is 0 Å². The maximum atomic E-state index is 11.9. The number of likely N-dealkylation sites (N-methyl/N-ethyl adjacent to an activating group) is 1. The topological polar surface area (TPSA) is 58.6 Å². The summed E-state index contributed by atoms with van der Waals surface area (Å²) in [5, 5.41) is 13.3. The molecule has 120 valence electrons. The number of carboxylic acid groups (broad SMARTS) is 1. The van der Waals surface area contributed by atoms with Crippen molar-refractivity contribution in [3.63, 3.8) is 0 Å². The number of ether oxygens (including phenoxy) is 1. The van der Waals surface area contributed by atoms with Crippen LogP contribution in [-0.4, -0.2) is 24.7 Å². The summed E-state index contributed by atoms with van der Waals surface area (Å²) >= 11 is 6.09. The summed E-state index contributed by atoms with van der Waals surface area (Å²) < 4.78 is 5.92. The second-order valence-corrected chi connectivity index (χ2v) is 5.36. The van der Waals surface area contributed by atoms with Crippen LogP contribution in [-0.2, 0) is 4.79 Å². The Balaban J connectivity index is 0.00000192. The van der Waals surface area contributed by atoms with Crippen molar-refractivity contribution in [2.75, 3.05) is 13.6 Å². The third-order valence-electron chi connectivity index (χ3n) is 3.51. The van der Waals surface area contributed by atoms with Crippen molar-refractivity contribution in [2.45, 2.75) is 0 Å². The van der Waals surface area contributed by atoms with Crippen LogP contribution in [0.2, 0.25) is 5.02 Å². The number of hydrogen-bond donors (Lipinski definition) is 2. The fourth-order valence-corrected chi connectivity index (χ4v) is 2.78. The maximum absolute atomic E-state index is 11.9. The number of hydrogen-bond acceptors (Lipinski definition) is 3. The molecule has 3 rings (SSSR count). The summed E-state index contributed by atoms with van der Waals surface area (Å²) in [7, 11) is 1.77. The molecule has 1 heterocycles. The van der Waals surface area contributed by atoms with Crippen molar-refractivity contribution < 1.29 is 14.6 Å². The first-order valence-corrected chi connectivity index (χ1v) is 7.18. The van der Waals surface area contributed by atoms with Gasteiger partial charge >= 0.3 is 5.97 Å². The molecule has 4 nitrogen and oxygen atoms in total. The smallest absolute Gasteiger partial charge is 0.336 e. The normalized spacial score (nSPS) is 12.4. The summed E-state index contributed by atoms with van der Waals surface area (Å²) in [4.78, 5) is 11.9. The zero-order chi connectivity index (χ0) is 15.7. The minimum atomic E-state index is -0.992. The van der Waals surface area contributed by atoms with Crippen molar-refractivity contribution in [3.8, 4) is 11.5 Å². The maximum Gasteiger partial charge on any atom is 0.336 e. The van der Waals surface area contributed by atoms with Gasteiger partial charge in [-0.1, -0.05) is 29.8 Å². The summed E-state index contributed by atoms with van der Waals surface area (Å²) in [5.41, 5.74) is 2.13. The van der Waals surface area contributed by atoms with Crippen LogP contribution in [0.15, 0.2) is 42.5 Å². The fraction of sp³-hybridized carbons (Fsp3) is 0.118. The Labute approximate surface area is 145 Å². The average molecular weight is 352 g/mol. The van der Waals surface area contributed by atoms with Crippen molar-refractivity contribution >= 4 is 41.1 Å². The Bertz CT molecular complexity index is 787. The highest BCUT2D eigenvalue weighted by Gasteiger charge is 2.26. The lowest BCUT2D eigenvalue weighted by atomic mass is 9.94. The van der Waals surface area contributed by atoms with Crippen LogP contribution in [0.4, 0.5) is 0 Å². The van der Waals surface area contributed by atoms with Gasteiger partial charge in [-0.05, 0) is 36.9 Å². The lowest BCUT2D eigenvalue weighted by Crippen LogP contribution is -2.14. The molecule has 0 fully saturated rings. The van der Waals surface area contributed by atoms with E-state index in [9.17, 15) is 9.90 Å². The van der Waals surface area contributed by atoms with Crippen molar-refractivity contribution in [1.82, 2.24) is 5.32 Å². The summed E-state index contributed by atoms with van der Waals surface area (Å²) in [6.07, 6.45) is 0. The molecule has 2 aromatic rings. The van der Waals surface area contributed by atoms with Crippen LogP contribution in [0.5, 0.6) is 11.5 Å². The number of carbonyl (C=O) groups is 1. The molecule has 0 aliphatic carbocycles. The van der Waals surface area contributed by atoms with E-state index in [1.807, 2.05) is 6.07 Å². The van der Waals surface area contributed by atoms with E-state index in [0.717, 1.165) is 0 Å². The molecule has 0 unspecified atom stereocenters. The van der Waals surface area contributed by atoms with Gasteiger partial charge in [0.15, 0.2) is 0 Å². The number of benzene rings is 2. The summed E-state index contributed by atoms with van der Waals surface area (Å²) in [6.45, 7) is 0.396. The predicted molar refractivity (Wildman–Crippen MR) is 93.6 cm³/mol. The van der Waals surface area contributed by atoms with Gasteiger partial charge in [0.2, 0.25) is 0 Å². The van der Waals surface area contributed by atoms with Crippen LogP contribution >= 0.6 is 24.0 Å². The number of fused-ring (bicyclic) bond motifs is 2. The number of nitrogens with one attached hydrogen (secondary N) is 1. The van der Waals surface area contributed by atoms with Crippen molar-refractivity contribution in [3.05, 3.63) is 58.6 Å². The van der Waals surface area contributed by atoms with Gasteiger partial charge in [-0.3, -0.25) is 0 Å². The van der Waals surface area contributed by atoms with E-state index in [4.69, 9.17) is 16.3 Å². The van der Waals surface area contributed by atoms with Crippen LogP contribution < -0.4 is 10.1 Å². The average Bonchev–Trinajstić information content (AvgIpc) is 2.62. The lowest BCUT2D eigenvalue weighted by molar-refractivity contribution is -0.130. The van der Waals surface area contributed by atoms with E-state index in [1.54, 1.807) is 43.4 Å². The van der Waals surface area contributed by atoms with E-state index < -0.39 is 5.97 Å². The molecule has 0 saturated carbocycles. The van der Waals surface area contributed by atoms with Gasteiger partial charge < -0.3 is 15.2 Å². The highest BCUT2D eigenvalue weighted by atomic mass is 35.5. The zero-order valence-corrected chi connectivity index (χ0v) is 13.9. The quantitative estimate of drug-likeness (QED) is 0.874. The molecular weight excluding hydrogens is 337 g/mol. The van der Waals surface area contributed by atoms with E-state index in [-0.39, 0.29) is 18.0 Å². The summed E-state index contributed by atoms with van der Waals surface area (Å²) in [6, 6.07) is 12.3. The Morgan fingerprint density at radius 3 is 2.57 bits per heavy atom. The second kappa shape index (κ2) is 7.04. The number of para-hydroxylation sites is 1. The number of halogens is 2. The molecule has 1 aliphatic rings. The van der Waals surface area contributed by atoms with Crippen molar-refractivity contribution in [1.29, 1.82) is 0 Å². The first-order chi connectivity index (χ1) is 10.6. The highest BCUT2D eigenvalue weighted by Crippen LogP contribution is 2.42. The highest BCUT2D eigenvalue weighted by molar-refractivity contribution is 6.31. The Hall–Kier alpha value is -2.01. The number of aliphatic carboxylic acids is 1. The molecule has 2 N–H and O–H groups in total. The second-order valence-electron chi connectivity index (χ2n) is 4.93. The Kier molecular flexibility index (Phi) is 5.31. The molecule has 0 bridgehead atoms. The molecule has 23 heavy (non-hydrogen) atoms. The van der Waals surface area contributed by atoms with E-state index in [0.29, 0.717) is 39.8 Å². The van der Waals surface area contributed by atoms with E-state index in [2.05, 4.69) is 5.32 Å². The standard InChI is InChI=1S/C17H14ClNO3.ClH/c1-19-9-13-12-8-10(18)6-7-15(12)22-14-5-3-2-4-11(14)16(13)17(20)21;/h2-8,19H,9H2,1H3,(H,20,21);1H. The van der Waals surface area contributed by atoms with Crippen LogP contribution in [0, 0.1) is 0 Å². The van der Waals surface area contributed by atoms with Gasteiger partial charge in [-0.25, -0.2) is 4.79 Å². The first-order valence-electron chi connectivity index (χ1n) is 6.80. The van der Waals surface area contributed by atoms with Gasteiger partial charge in [-0.2, -0.15) is 0 Å². The molecular formula is C17H15Cl2NO3. The third kappa shape index (κ3) is 3.20. The van der Waals surface area contributed by atoms with Gasteiger partial charge in [0, 0.05) is 22.7 Å². The van der Waals surface area contributed by atoms with Gasteiger partial charge in [0.05, 0.1) is 5.57 Å². The van der Waals surface area contributed by atoms with Gasteiger partial charge in [0.25, 0.3) is 0 Å². The monoisotopic (exact) mass is 351 g/mol. The van der Waals surface area contributed by atoms with Crippen LogP contribution in [0.3, 0.4) is 0 Å². The molecule has 0 radical (unpaired) electrons. The van der Waals surface area contributed by atoms with Crippen LogP contribution in [0.25, 0.3) is 11.1 Å². The molecule has 0 saturated heterocycles. The molecule has 0 spiro atoms. The largest absolute Gasteiger partial charge is 0.478 e. The molecule has 0 atom stereocenters. The Morgan fingerprint density at radius 1 is 1.17 bits per heavy atom. The number of rotatable bonds is 3. The SMILES string of the molecule is CNCC1=C(C(=O)O)c2ccccc2Oc2ccc(Cl)cc21.Cl. The molecule has 1 aliphatic heterocycles. The lowest BCUT2D eigenvalue weighted by Gasteiger charge is -2.12. The molecule has 2 aromatic carbocycles. The molecule has 6 heteroatoms. The molecule has 0 aromatic heterocycles. The molecule has 0 amide bonds. The van der Waals surface area contributed by atoms with E-state index in [1.165, 1.54) is 0 Å². The summed E-state index contributed by atoms with van der Waals surface area (Å²) in [5.74, 6) is 0.127. The van der Waals surface area contributed by atoms with Gasteiger partial charge in [-0.15, -0.1) is 12.4 Å². The van der Waals surface area contributed by atoms with Gasteiger partial charge in [0.1, 0.15) is 11.5 Å². The minimum absolute atomic E-state index is 0. The minimum Gasteiger partial charge on any atom is -0.478 e. The van der Waals surface area contributed by atoms with Crippen LogP contribution in [0.1, 0.15) is 11.1 Å². The predicted octanol–water partition coefficient (Wildman–Crippen LogP) is 4.08. The number of carboxylic acids is 1. The van der Waals surface area contributed by atoms with Crippen molar-refractivity contribution in [2.24, 2.45) is 0 Å². The fourth-order valence-electron chi connectivity index (χ4n) is 2.61. The third-order valence-corrected chi connectivity index (χ3v) is 3.75. The first kappa shape index (κ1) is 17.3.